The lowest BCUT2D eigenvalue weighted by atomic mass is 9.96. The molecular formula is C23H26FN7S. The first kappa shape index (κ1) is 21.1. The van der Waals surface area contributed by atoms with Crippen molar-refractivity contribution < 1.29 is 4.39 Å². The number of aryl methyl sites for hydroxylation is 2. The van der Waals surface area contributed by atoms with Gasteiger partial charge in [-0.25, -0.2) is 13.4 Å². The Morgan fingerprint density at radius 2 is 1.91 bits per heavy atom. The number of aromatic nitrogens is 5. The van der Waals surface area contributed by atoms with E-state index in [0.29, 0.717) is 0 Å². The molecule has 0 N–H and O–H groups in total. The monoisotopic (exact) mass is 451 g/mol. The summed E-state index contributed by atoms with van der Waals surface area (Å²) in [6, 6.07) is 11.2. The van der Waals surface area contributed by atoms with E-state index in [1.54, 1.807) is 28.9 Å². The molecule has 4 aromatic rings. The molecular weight excluding hydrogens is 425 g/mol. The van der Waals surface area contributed by atoms with Crippen LogP contribution in [0.1, 0.15) is 24.1 Å². The second kappa shape index (κ2) is 8.65. The van der Waals surface area contributed by atoms with Gasteiger partial charge in [0.05, 0.1) is 23.6 Å². The third kappa shape index (κ3) is 4.03. The average Bonchev–Trinajstić information content (AvgIpc) is 3.39. The SMILES string of the molecule is CCN1CCN(Sc2cnn(C)n2)CC1c1cc2cnn(-c3ccc(F)cc3)c2cc1C. The van der Waals surface area contributed by atoms with E-state index < -0.39 is 0 Å². The van der Waals surface area contributed by atoms with Crippen LogP contribution in [-0.4, -0.2) is 60.2 Å². The minimum atomic E-state index is -0.246. The van der Waals surface area contributed by atoms with Gasteiger partial charge in [-0.05, 0) is 72.9 Å². The fourth-order valence-corrected chi connectivity index (χ4v) is 5.30. The summed E-state index contributed by atoms with van der Waals surface area (Å²) in [5.74, 6) is -0.246. The predicted molar refractivity (Wildman–Crippen MR) is 124 cm³/mol. The minimum Gasteiger partial charge on any atom is -0.294 e. The summed E-state index contributed by atoms with van der Waals surface area (Å²) in [7, 11) is 1.84. The zero-order valence-corrected chi connectivity index (χ0v) is 19.3. The second-order valence-corrected chi connectivity index (χ2v) is 9.21. The predicted octanol–water partition coefficient (Wildman–Crippen LogP) is 3.99. The molecule has 0 radical (unpaired) electrons. The summed E-state index contributed by atoms with van der Waals surface area (Å²) in [5, 5.41) is 15.2. The molecule has 0 aliphatic carbocycles. The van der Waals surface area contributed by atoms with E-state index >= 15 is 0 Å². The van der Waals surface area contributed by atoms with Crippen molar-refractivity contribution in [1.82, 2.24) is 34.0 Å². The lowest BCUT2D eigenvalue weighted by Gasteiger charge is -2.40. The van der Waals surface area contributed by atoms with Crippen LogP contribution in [0, 0.1) is 12.7 Å². The topological polar surface area (TPSA) is 55.0 Å². The first-order valence-corrected chi connectivity index (χ1v) is 11.6. The van der Waals surface area contributed by atoms with Crippen molar-refractivity contribution in [3.05, 3.63) is 65.7 Å². The van der Waals surface area contributed by atoms with Gasteiger partial charge >= 0.3 is 0 Å². The van der Waals surface area contributed by atoms with E-state index in [2.05, 4.69) is 50.5 Å². The molecule has 1 atom stereocenters. The Kier molecular flexibility index (Phi) is 5.71. The molecule has 166 valence electrons. The number of hydrogen-bond acceptors (Lipinski definition) is 6. The van der Waals surface area contributed by atoms with E-state index in [0.717, 1.165) is 47.8 Å². The standard InChI is InChI=1S/C23H26FN7S/c1-4-29-9-10-30(32-23-14-25-28(3)27-23)15-22(29)20-12-17-13-26-31(21(17)11-16(20)2)19-7-5-18(24)6-8-19/h5-8,11-14,22H,4,9-10,15H2,1-3H3. The van der Waals surface area contributed by atoms with Crippen molar-refractivity contribution >= 4 is 22.9 Å². The van der Waals surface area contributed by atoms with Crippen LogP contribution in [0.2, 0.25) is 0 Å². The van der Waals surface area contributed by atoms with E-state index in [4.69, 9.17) is 0 Å². The summed E-state index contributed by atoms with van der Waals surface area (Å²) in [6.45, 7) is 8.28. The Balaban J connectivity index is 1.46. The Morgan fingerprint density at radius 3 is 2.62 bits per heavy atom. The Labute approximate surface area is 190 Å². The maximum Gasteiger partial charge on any atom is 0.153 e. The average molecular weight is 452 g/mol. The maximum absolute atomic E-state index is 13.4. The van der Waals surface area contributed by atoms with Crippen molar-refractivity contribution in [2.45, 2.75) is 24.9 Å². The molecule has 0 amide bonds. The maximum atomic E-state index is 13.4. The van der Waals surface area contributed by atoms with Gasteiger partial charge in [0.2, 0.25) is 0 Å². The molecule has 2 aromatic heterocycles. The number of rotatable bonds is 5. The van der Waals surface area contributed by atoms with Crippen molar-refractivity contribution in [2.75, 3.05) is 26.2 Å². The highest BCUT2D eigenvalue weighted by molar-refractivity contribution is 7.97. The molecule has 0 spiro atoms. The number of nitrogens with zero attached hydrogens (tertiary/aromatic N) is 7. The van der Waals surface area contributed by atoms with Gasteiger partial charge in [-0.1, -0.05) is 6.92 Å². The molecule has 0 saturated carbocycles. The van der Waals surface area contributed by atoms with Crippen LogP contribution in [0.4, 0.5) is 4.39 Å². The van der Waals surface area contributed by atoms with E-state index in [1.165, 1.54) is 23.3 Å². The number of likely N-dealkylation sites (N-methyl/N-ethyl adjacent to an activating group) is 1. The number of fused-ring (bicyclic) bond motifs is 1. The molecule has 2 aromatic carbocycles. The molecule has 3 heterocycles. The molecule has 1 saturated heterocycles. The van der Waals surface area contributed by atoms with E-state index in [1.807, 2.05) is 24.1 Å². The third-order valence-corrected chi connectivity index (χ3v) is 7.01. The number of piperazine rings is 1. The van der Waals surface area contributed by atoms with Crippen LogP contribution in [0.25, 0.3) is 16.6 Å². The van der Waals surface area contributed by atoms with Crippen LogP contribution < -0.4 is 0 Å². The second-order valence-electron chi connectivity index (χ2n) is 8.10. The van der Waals surface area contributed by atoms with Gasteiger partial charge in [-0.3, -0.25) is 4.90 Å². The van der Waals surface area contributed by atoms with E-state index in [9.17, 15) is 4.39 Å². The van der Waals surface area contributed by atoms with Crippen LogP contribution in [0.3, 0.4) is 0 Å². The summed E-state index contributed by atoms with van der Waals surface area (Å²) >= 11 is 1.67. The highest BCUT2D eigenvalue weighted by Crippen LogP contribution is 2.34. The van der Waals surface area contributed by atoms with Gasteiger partial charge in [-0.15, -0.1) is 5.10 Å². The van der Waals surface area contributed by atoms with Crippen molar-refractivity contribution in [3.8, 4) is 5.69 Å². The Hall–Kier alpha value is -2.75. The molecule has 1 aliphatic rings. The zero-order chi connectivity index (χ0) is 22.2. The molecule has 7 nitrogen and oxygen atoms in total. The summed E-state index contributed by atoms with van der Waals surface area (Å²) in [4.78, 5) is 4.13. The molecule has 5 rings (SSSR count). The van der Waals surface area contributed by atoms with Crippen molar-refractivity contribution in [3.63, 3.8) is 0 Å². The summed E-state index contributed by atoms with van der Waals surface area (Å²) < 4.78 is 17.6. The van der Waals surface area contributed by atoms with Crippen LogP contribution in [-0.2, 0) is 7.05 Å². The molecule has 32 heavy (non-hydrogen) atoms. The molecule has 0 bridgehead atoms. The normalized spacial score (nSPS) is 17.9. The first-order valence-electron chi connectivity index (χ1n) is 10.8. The van der Waals surface area contributed by atoms with Gasteiger partial charge in [0.1, 0.15) is 5.82 Å². The van der Waals surface area contributed by atoms with Gasteiger partial charge in [-0.2, -0.15) is 15.0 Å². The fourth-order valence-electron chi connectivity index (χ4n) is 4.40. The summed E-state index contributed by atoms with van der Waals surface area (Å²) in [5.41, 5.74) is 4.44. The molecule has 9 heteroatoms. The van der Waals surface area contributed by atoms with Crippen LogP contribution in [0.15, 0.2) is 53.8 Å². The van der Waals surface area contributed by atoms with Gasteiger partial charge in [0.25, 0.3) is 0 Å². The van der Waals surface area contributed by atoms with Gasteiger partial charge in [0.15, 0.2) is 5.03 Å². The van der Waals surface area contributed by atoms with Crippen molar-refractivity contribution in [2.24, 2.45) is 7.05 Å². The zero-order valence-electron chi connectivity index (χ0n) is 18.4. The number of halogens is 1. The van der Waals surface area contributed by atoms with Crippen LogP contribution in [0.5, 0.6) is 0 Å². The number of benzene rings is 2. The first-order chi connectivity index (χ1) is 15.5. The lowest BCUT2D eigenvalue weighted by Crippen LogP contribution is -2.45. The largest absolute Gasteiger partial charge is 0.294 e. The minimum absolute atomic E-state index is 0.246. The Bertz CT molecular complexity index is 1230. The number of hydrogen-bond donors (Lipinski definition) is 0. The lowest BCUT2D eigenvalue weighted by molar-refractivity contribution is 0.130. The van der Waals surface area contributed by atoms with Gasteiger partial charge in [0, 0.05) is 38.1 Å². The molecule has 1 aliphatic heterocycles. The molecule has 1 unspecified atom stereocenters. The summed E-state index contributed by atoms with van der Waals surface area (Å²) in [6.07, 6.45) is 3.71. The van der Waals surface area contributed by atoms with Crippen LogP contribution >= 0.6 is 11.9 Å². The van der Waals surface area contributed by atoms with E-state index in [-0.39, 0.29) is 11.9 Å². The van der Waals surface area contributed by atoms with Gasteiger partial charge < -0.3 is 0 Å². The quantitative estimate of drug-likeness (QED) is 0.428. The highest BCUT2D eigenvalue weighted by Gasteiger charge is 2.29. The fraction of sp³-hybridized carbons (Fsp3) is 0.348. The Morgan fingerprint density at radius 1 is 1.09 bits per heavy atom. The highest BCUT2D eigenvalue weighted by atomic mass is 32.2. The smallest absolute Gasteiger partial charge is 0.153 e. The molecule has 1 fully saturated rings. The van der Waals surface area contributed by atoms with Crippen molar-refractivity contribution in [1.29, 1.82) is 0 Å². The third-order valence-electron chi connectivity index (χ3n) is 6.05.